The van der Waals surface area contributed by atoms with Gasteiger partial charge in [-0.15, -0.1) is 0 Å². The number of benzene rings is 2. The quantitative estimate of drug-likeness (QED) is 0.135. The van der Waals surface area contributed by atoms with Crippen LogP contribution in [0.25, 0.3) is 0 Å². The number of halogens is 8. The van der Waals surface area contributed by atoms with Crippen molar-refractivity contribution in [2.24, 2.45) is 0 Å². The molecule has 1 amide bonds. The molecular formula is C37H50Br2F6N4O7. The number of rotatable bonds is 2. The number of anilines is 2. The van der Waals surface area contributed by atoms with Crippen molar-refractivity contribution in [1.29, 1.82) is 0 Å². The Kier molecular flexibility index (Phi) is 17.2. The zero-order valence-corrected chi connectivity index (χ0v) is 36.0. The smallest absolute Gasteiger partial charge is 0.444 e. The van der Waals surface area contributed by atoms with Gasteiger partial charge < -0.3 is 39.0 Å². The maximum Gasteiger partial charge on any atom is 0.519 e. The highest BCUT2D eigenvalue weighted by Gasteiger charge is 2.35. The fraction of sp³-hybridized carbons (Fsp3) is 0.595. The molecule has 2 fully saturated rings. The molecule has 0 aliphatic carbocycles. The zero-order valence-electron chi connectivity index (χ0n) is 32.8. The van der Waals surface area contributed by atoms with Crippen LogP contribution in [0.15, 0.2) is 45.3 Å². The lowest BCUT2D eigenvalue weighted by atomic mass is 10.1. The first kappa shape index (κ1) is 48.7. The number of hydrogen-bond donors (Lipinski definition) is 1. The largest absolute Gasteiger partial charge is 0.519 e. The van der Waals surface area contributed by atoms with E-state index in [0.29, 0.717) is 37.6 Å². The maximum absolute atomic E-state index is 13.0. The molecule has 2 saturated heterocycles. The van der Waals surface area contributed by atoms with E-state index in [4.69, 9.17) is 14.2 Å². The summed E-state index contributed by atoms with van der Waals surface area (Å²) in [5, 5.41) is 3.17. The minimum atomic E-state index is -4.41. The number of nitrogens with one attached hydrogen (secondary N) is 1. The third kappa shape index (κ3) is 17.8. The Morgan fingerprint density at radius 2 is 0.929 bits per heavy atom. The van der Waals surface area contributed by atoms with Crippen molar-refractivity contribution in [2.75, 3.05) is 62.2 Å². The summed E-state index contributed by atoms with van der Waals surface area (Å²) >= 11 is 5.88. The van der Waals surface area contributed by atoms with E-state index in [2.05, 4.69) is 41.9 Å². The lowest BCUT2D eigenvalue weighted by molar-refractivity contribution is -0.139. The molecule has 2 aliphatic rings. The molecule has 56 heavy (non-hydrogen) atoms. The van der Waals surface area contributed by atoms with Gasteiger partial charge >= 0.3 is 30.8 Å². The van der Waals surface area contributed by atoms with E-state index < -0.39 is 58.7 Å². The van der Waals surface area contributed by atoms with Crippen LogP contribution in [0.4, 0.5) is 52.1 Å². The molecule has 1 N–H and O–H groups in total. The topological polar surface area (TPSA) is 110 Å². The number of ether oxygens (including phenoxy) is 4. The molecule has 0 unspecified atom stereocenters. The predicted octanol–water partition coefficient (Wildman–Crippen LogP) is 10.3. The van der Waals surface area contributed by atoms with Gasteiger partial charge in [0.25, 0.3) is 0 Å². The molecule has 0 atom stereocenters. The molecule has 2 aromatic carbocycles. The van der Waals surface area contributed by atoms with Crippen LogP contribution in [0.1, 0.15) is 73.4 Å². The van der Waals surface area contributed by atoms with Crippen LogP contribution in [0.3, 0.4) is 0 Å². The number of piperazine rings is 2. The van der Waals surface area contributed by atoms with E-state index in [1.807, 2.05) is 9.80 Å². The van der Waals surface area contributed by atoms with E-state index in [-0.39, 0.29) is 8.95 Å². The number of carbonyl (C=O) groups excluding carboxylic acids is 3. The van der Waals surface area contributed by atoms with Gasteiger partial charge in [0.15, 0.2) is 0 Å². The Bertz CT molecular complexity index is 1600. The van der Waals surface area contributed by atoms with Crippen LogP contribution in [0.2, 0.25) is 0 Å². The van der Waals surface area contributed by atoms with Gasteiger partial charge in [0.2, 0.25) is 0 Å². The highest BCUT2D eigenvalue weighted by atomic mass is 79.9. The van der Waals surface area contributed by atoms with Crippen LogP contribution in [0, 0.1) is 0 Å². The predicted molar refractivity (Wildman–Crippen MR) is 207 cm³/mol. The number of amides is 1. The summed E-state index contributed by atoms with van der Waals surface area (Å²) in [6.07, 6.45) is -11.2. The molecule has 2 aliphatic heterocycles. The van der Waals surface area contributed by atoms with E-state index in [9.17, 15) is 40.7 Å². The second-order valence-corrected chi connectivity index (χ2v) is 17.3. The van der Waals surface area contributed by atoms with Gasteiger partial charge in [-0.3, -0.25) is 0 Å². The summed E-state index contributed by atoms with van der Waals surface area (Å²) in [5.41, 5.74) is -2.15. The van der Waals surface area contributed by atoms with Gasteiger partial charge in [0, 0.05) is 72.7 Å². The van der Waals surface area contributed by atoms with Crippen LogP contribution in [-0.2, 0) is 31.3 Å². The standard InChI is InChI=1S/C16H20BrF3N2O2.C11H12BrF3N2.C10H18O5/c1-15(2,3)24-14(23)22-8-6-21(7-9-22)11-4-5-13(17)12(10-11)16(18,19)20;12-10-2-1-8(7-9(10)11(13,14)15)17-5-3-16-4-6-17;1-9(2,3)14-7(11)13-8(12)15-10(4,5)6/h4-5,10H,6-9H2,1-3H3;1-2,7,16H,3-6H2;1-6H3. The average Bonchev–Trinajstić information content (AvgIpc) is 3.02. The Labute approximate surface area is 340 Å². The first-order valence-electron chi connectivity index (χ1n) is 17.5. The molecule has 0 radical (unpaired) electrons. The number of carbonyl (C=O) groups is 3. The first-order chi connectivity index (χ1) is 25.4. The third-order valence-electron chi connectivity index (χ3n) is 7.24. The van der Waals surface area contributed by atoms with Crippen molar-refractivity contribution in [3.05, 3.63) is 56.5 Å². The van der Waals surface area contributed by atoms with Gasteiger partial charge in [-0.2, -0.15) is 26.3 Å². The van der Waals surface area contributed by atoms with Crippen LogP contribution in [0.5, 0.6) is 0 Å². The average molecular weight is 937 g/mol. The lowest BCUT2D eigenvalue weighted by Gasteiger charge is -2.37. The van der Waals surface area contributed by atoms with E-state index in [0.717, 1.165) is 32.2 Å². The maximum atomic E-state index is 13.0. The van der Waals surface area contributed by atoms with E-state index in [1.54, 1.807) is 79.3 Å². The Hall–Kier alpha value is -3.45. The lowest BCUT2D eigenvalue weighted by Crippen LogP contribution is -2.50. The minimum absolute atomic E-state index is 0.0196. The highest BCUT2D eigenvalue weighted by molar-refractivity contribution is 9.10. The number of alkyl halides is 6. The van der Waals surface area contributed by atoms with Crippen LogP contribution < -0.4 is 15.1 Å². The normalized spacial score (nSPS) is 15.4. The summed E-state index contributed by atoms with van der Waals surface area (Å²) in [7, 11) is 0. The van der Waals surface area contributed by atoms with Crippen molar-refractivity contribution >= 4 is 61.6 Å². The Morgan fingerprint density at radius 1 is 0.571 bits per heavy atom. The molecule has 2 aromatic rings. The summed E-state index contributed by atoms with van der Waals surface area (Å²) < 4.78 is 96.4. The molecular weight excluding hydrogens is 886 g/mol. The van der Waals surface area contributed by atoms with Gasteiger partial charge in [-0.1, -0.05) is 31.9 Å². The third-order valence-corrected chi connectivity index (χ3v) is 8.62. The van der Waals surface area contributed by atoms with Crippen molar-refractivity contribution < 1.29 is 59.7 Å². The van der Waals surface area contributed by atoms with Gasteiger partial charge in [-0.25, -0.2) is 14.4 Å². The molecule has 316 valence electrons. The highest BCUT2D eigenvalue weighted by Crippen LogP contribution is 2.38. The number of hydrogen-bond acceptors (Lipinski definition) is 10. The summed E-state index contributed by atoms with van der Waals surface area (Å²) in [6.45, 7) is 20.2. The zero-order chi connectivity index (χ0) is 42.9. The molecule has 11 nitrogen and oxygen atoms in total. The molecule has 0 spiro atoms. The monoisotopic (exact) mass is 934 g/mol. The van der Waals surface area contributed by atoms with Crippen molar-refractivity contribution in [2.45, 2.75) is 91.5 Å². The molecule has 4 rings (SSSR count). The molecule has 0 bridgehead atoms. The molecule has 0 saturated carbocycles. The summed E-state index contributed by atoms with van der Waals surface area (Å²) in [6, 6.07) is 8.55. The van der Waals surface area contributed by atoms with Crippen LogP contribution >= 0.6 is 31.9 Å². The summed E-state index contributed by atoms with van der Waals surface area (Å²) in [5.74, 6) is 0. The van der Waals surface area contributed by atoms with Crippen molar-refractivity contribution in [3.8, 4) is 0 Å². The van der Waals surface area contributed by atoms with E-state index >= 15 is 0 Å². The fourth-order valence-electron chi connectivity index (χ4n) is 4.86. The second kappa shape index (κ2) is 19.8. The molecule has 0 aromatic heterocycles. The minimum Gasteiger partial charge on any atom is -0.444 e. The second-order valence-electron chi connectivity index (χ2n) is 15.5. The first-order valence-corrected chi connectivity index (χ1v) is 19.1. The van der Waals surface area contributed by atoms with Crippen molar-refractivity contribution in [1.82, 2.24) is 10.2 Å². The van der Waals surface area contributed by atoms with Gasteiger partial charge in [0.05, 0.1) is 11.1 Å². The Morgan fingerprint density at radius 3 is 1.27 bits per heavy atom. The summed E-state index contributed by atoms with van der Waals surface area (Å²) in [4.78, 5) is 39.4. The van der Waals surface area contributed by atoms with Crippen LogP contribution in [-0.4, -0.2) is 92.5 Å². The van der Waals surface area contributed by atoms with Crippen molar-refractivity contribution in [3.63, 3.8) is 0 Å². The SMILES string of the molecule is CC(C)(C)OC(=O)N1CCN(c2ccc(Br)c(C(F)(F)F)c2)CC1.CC(C)(C)OC(=O)OC(=O)OC(C)(C)C.FC(F)(F)c1cc(N2CCNCC2)ccc1Br. The van der Waals surface area contributed by atoms with E-state index in [1.165, 1.54) is 18.2 Å². The molecule has 2 heterocycles. The number of nitrogens with zero attached hydrogens (tertiary/aromatic N) is 3. The Balaban J connectivity index is 0.000000301. The fourth-order valence-corrected chi connectivity index (χ4v) is 5.80. The molecule has 19 heteroatoms. The van der Waals surface area contributed by atoms with Gasteiger partial charge in [-0.05, 0) is 98.7 Å². The van der Waals surface area contributed by atoms with Gasteiger partial charge in [0.1, 0.15) is 16.8 Å².